The van der Waals surface area contributed by atoms with Crippen molar-refractivity contribution in [2.45, 2.75) is 46.6 Å². The number of hydrazine groups is 1. The molecule has 1 aromatic heterocycles. The number of amides is 2. The van der Waals surface area contributed by atoms with Crippen molar-refractivity contribution < 1.29 is 14.3 Å². The van der Waals surface area contributed by atoms with Gasteiger partial charge in [-0.25, -0.2) is 4.68 Å². The molecule has 2 N–H and O–H groups in total. The smallest absolute Gasteiger partial charge is 0.290 e. The zero-order valence-corrected chi connectivity index (χ0v) is 18.6. The average molecular weight is 437 g/mol. The van der Waals surface area contributed by atoms with Crippen LogP contribution in [0.2, 0.25) is 0 Å². The number of rotatable bonds is 8. The van der Waals surface area contributed by atoms with Crippen LogP contribution in [-0.4, -0.2) is 28.2 Å². The summed E-state index contributed by atoms with van der Waals surface area (Å²) in [7, 11) is 0. The number of carbonyl (C=O) groups is 2. The number of aryl methyl sites for hydroxylation is 3. The Hall–Kier alpha value is -3.68. The van der Waals surface area contributed by atoms with Crippen LogP contribution >= 0.6 is 0 Å². The minimum atomic E-state index is -0.606. The fourth-order valence-electron chi connectivity index (χ4n) is 3.39. The summed E-state index contributed by atoms with van der Waals surface area (Å²) in [4.78, 5) is 37.7. The molecule has 0 spiro atoms. The second-order valence-electron chi connectivity index (χ2n) is 7.69. The molecule has 0 atom stereocenters. The lowest BCUT2D eigenvalue weighted by Crippen LogP contribution is -2.44. The topological polar surface area (TPSA) is 102 Å². The molecule has 1 heterocycles. The van der Waals surface area contributed by atoms with E-state index in [1.54, 1.807) is 30.3 Å². The Labute approximate surface area is 186 Å². The highest BCUT2D eigenvalue weighted by Gasteiger charge is 2.17. The van der Waals surface area contributed by atoms with Gasteiger partial charge in [0.15, 0.2) is 12.3 Å². The van der Waals surface area contributed by atoms with Crippen LogP contribution in [-0.2, 0) is 11.3 Å². The second-order valence-corrected chi connectivity index (χ2v) is 7.69. The first-order valence-corrected chi connectivity index (χ1v) is 10.7. The van der Waals surface area contributed by atoms with Crippen LogP contribution in [0.3, 0.4) is 0 Å². The van der Waals surface area contributed by atoms with Crippen molar-refractivity contribution in [3.05, 3.63) is 69.6 Å². The lowest BCUT2D eigenvalue weighted by atomic mass is 10.1. The number of fused-ring (bicyclic) bond motifs is 1. The van der Waals surface area contributed by atoms with Gasteiger partial charge in [-0.15, -0.1) is 0 Å². The van der Waals surface area contributed by atoms with Crippen molar-refractivity contribution in [2.75, 3.05) is 6.61 Å². The third-order valence-electron chi connectivity index (χ3n) is 5.06. The van der Waals surface area contributed by atoms with Crippen LogP contribution in [0.25, 0.3) is 10.8 Å². The summed E-state index contributed by atoms with van der Waals surface area (Å²) in [5.74, 6) is -0.520. The van der Waals surface area contributed by atoms with E-state index < -0.39 is 11.8 Å². The number of unbranched alkanes of at least 4 members (excludes halogenated alkanes) is 2. The molecule has 2 amide bonds. The van der Waals surface area contributed by atoms with Crippen molar-refractivity contribution in [1.82, 2.24) is 20.6 Å². The summed E-state index contributed by atoms with van der Waals surface area (Å²) in [5, 5.41) is 5.12. The minimum Gasteiger partial charge on any atom is -0.483 e. The van der Waals surface area contributed by atoms with Crippen molar-refractivity contribution in [1.29, 1.82) is 0 Å². The first kappa shape index (κ1) is 23.0. The molecule has 0 radical (unpaired) electrons. The number of nitrogens with one attached hydrogen (secondary N) is 2. The minimum absolute atomic E-state index is 0.0762. The largest absolute Gasteiger partial charge is 0.483 e. The van der Waals surface area contributed by atoms with E-state index in [9.17, 15) is 14.4 Å². The maximum absolute atomic E-state index is 12.8. The van der Waals surface area contributed by atoms with Gasteiger partial charge >= 0.3 is 0 Å². The van der Waals surface area contributed by atoms with Crippen molar-refractivity contribution >= 4 is 22.6 Å². The van der Waals surface area contributed by atoms with Gasteiger partial charge in [-0.1, -0.05) is 55.7 Å². The van der Waals surface area contributed by atoms with Crippen molar-refractivity contribution in [3.8, 4) is 5.75 Å². The molecule has 0 aliphatic carbocycles. The summed E-state index contributed by atoms with van der Waals surface area (Å²) < 4.78 is 6.84. The molecular weight excluding hydrogens is 408 g/mol. The summed E-state index contributed by atoms with van der Waals surface area (Å²) in [5.41, 5.74) is 6.57. The molecule has 0 saturated heterocycles. The molecule has 8 nitrogen and oxygen atoms in total. The fraction of sp³-hybridized carbons (Fsp3) is 0.333. The Balaban J connectivity index is 1.69. The standard InChI is InChI=1S/C24H28N4O4/c1-4-5-8-13-28-24(31)19-10-7-6-9-18(19)22(27-28)23(30)26-25-21(29)15-32-20-12-11-16(2)14-17(20)3/h6-7,9-12,14H,4-5,8,13,15H2,1-3H3,(H,25,29)(H,26,30). The van der Waals surface area contributed by atoms with Gasteiger partial charge in [0, 0.05) is 11.9 Å². The van der Waals surface area contributed by atoms with Crippen LogP contribution in [0, 0.1) is 13.8 Å². The normalized spacial score (nSPS) is 10.7. The third-order valence-corrected chi connectivity index (χ3v) is 5.06. The lowest BCUT2D eigenvalue weighted by Gasteiger charge is -2.13. The zero-order chi connectivity index (χ0) is 23.1. The Morgan fingerprint density at radius 1 is 1.03 bits per heavy atom. The Kier molecular flexibility index (Phi) is 7.59. The van der Waals surface area contributed by atoms with E-state index >= 15 is 0 Å². The molecule has 0 unspecified atom stereocenters. The van der Waals surface area contributed by atoms with Crippen LogP contribution in [0.1, 0.15) is 47.8 Å². The van der Waals surface area contributed by atoms with Crippen molar-refractivity contribution in [2.24, 2.45) is 0 Å². The molecule has 32 heavy (non-hydrogen) atoms. The van der Waals surface area contributed by atoms with E-state index in [-0.39, 0.29) is 17.9 Å². The first-order valence-electron chi connectivity index (χ1n) is 10.7. The number of nitrogens with zero attached hydrogens (tertiary/aromatic N) is 2. The number of ether oxygens (including phenoxy) is 1. The van der Waals surface area contributed by atoms with Gasteiger partial charge in [-0.3, -0.25) is 25.2 Å². The van der Waals surface area contributed by atoms with Crippen LogP contribution < -0.4 is 21.1 Å². The van der Waals surface area contributed by atoms with E-state index in [1.807, 2.05) is 26.0 Å². The molecule has 0 aliphatic heterocycles. The third kappa shape index (κ3) is 5.51. The van der Waals surface area contributed by atoms with Crippen LogP contribution in [0.15, 0.2) is 47.3 Å². The maximum Gasteiger partial charge on any atom is 0.290 e. The fourth-order valence-corrected chi connectivity index (χ4v) is 3.39. The molecule has 3 rings (SSSR count). The second kappa shape index (κ2) is 10.6. The van der Waals surface area contributed by atoms with Gasteiger partial charge in [0.25, 0.3) is 17.4 Å². The van der Waals surface area contributed by atoms with E-state index in [1.165, 1.54) is 4.68 Å². The van der Waals surface area contributed by atoms with E-state index in [0.29, 0.717) is 23.1 Å². The summed E-state index contributed by atoms with van der Waals surface area (Å²) in [6.45, 7) is 6.11. The zero-order valence-electron chi connectivity index (χ0n) is 18.6. The molecule has 0 saturated carbocycles. The lowest BCUT2D eigenvalue weighted by molar-refractivity contribution is -0.123. The Morgan fingerprint density at radius 3 is 2.50 bits per heavy atom. The Morgan fingerprint density at radius 2 is 1.78 bits per heavy atom. The van der Waals surface area contributed by atoms with Gasteiger partial charge in [-0.2, -0.15) is 5.10 Å². The average Bonchev–Trinajstić information content (AvgIpc) is 2.78. The highest BCUT2D eigenvalue weighted by atomic mass is 16.5. The summed E-state index contributed by atoms with van der Waals surface area (Å²) in [6, 6.07) is 12.5. The molecule has 8 heteroatoms. The van der Waals surface area contributed by atoms with Gasteiger partial charge < -0.3 is 4.74 Å². The molecule has 0 bridgehead atoms. The molecule has 2 aromatic carbocycles. The summed E-state index contributed by atoms with van der Waals surface area (Å²) in [6.07, 6.45) is 2.75. The predicted octanol–water partition coefficient (Wildman–Crippen LogP) is 3.04. The van der Waals surface area contributed by atoms with Gasteiger partial charge in [0.05, 0.1) is 5.39 Å². The number of carbonyl (C=O) groups excluding carboxylic acids is 2. The van der Waals surface area contributed by atoms with Gasteiger partial charge in [0.1, 0.15) is 5.75 Å². The first-order chi connectivity index (χ1) is 15.4. The number of benzene rings is 2. The SMILES string of the molecule is CCCCCn1nc(C(=O)NNC(=O)COc2ccc(C)cc2C)c2ccccc2c1=O. The molecule has 3 aromatic rings. The molecular formula is C24H28N4O4. The van der Waals surface area contributed by atoms with Crippen LogP contribution in [0.5, 0.6) is 5.75 Å². The number of hydrogen-bond donors (Lipinski definition) is 2. The predicted molar refractivity (Wildman–Crippen MR) is 123 cm³/mol. The Bertz CT molecular complexity index is 1190. The highest BCUT2D eigenvalue weighted by Crippen LogP contribution is 2.18. The molecule has 0 aliphatic rings. The molecule has 168 valence electrons. The number of aromatic nitrogens is 2. The van der Waals surface area contributed by atoms with Crippen molar-refractivity contribution in [3.63, 3.8) is 0 Å². The van der Waals surface area contributed by atoms with Gasteiger partial charge in [0.2, 0.25) is 0 Å². The quantitative estimate of drug-likeness (QED) is 0.417. The maximum atomic E-state index is 12.8. The van der Waals surface area contributed by atoms with Gasteiger partial charge in [-0.05, 0) is 38.0 Å². The highest BCUT2D eigenvalue weighted by molar-refractivity contribution is 6.05. The van der Waals surface area contributed by atoms with Crippen LogP contribution in [0.4, 0.5) is 0 Å². The number of hydrogen-bond acceptors (Lipinski definition) is 5. The molecule has 0 fully saturated rings. The van der Waals surface area contributed by atoms with E-state index in [0.717, 1.165) is 30.4 Å². The monoisotopic (exact) mass is 436 g/mol. The van der Waals surface area contributed by atoms with E-state index in [2.05, 4.69) is 22.9 Å². The summed E-state index contributed by atoms with van der Waals surface area (Å²) >= 11 is 0. The van der Waals surface area contributed by atoms with E-state index in [4.69, 9.17) is 4.74 Å².